The molecule has 2 N–H and O–H groups in total. The minimum absolute atomic E-state index is 0.531. The van der Waals surface area contributed by atoms with Crippen LogP contribution in [0.5, 0.6) is 0 Å². The van der Waals surface area contributed by atoms with E-state index in [2.05, 4.69) is 12.2 Å². The largest absolute Gasteiger partial charge is 0.475 e. The first-order valence-corrected chi connectivity index (χ1v) is 16.8. The van der Waals surface area contributed by atoms with Crippen molar-refractivity contribution in [1.29, 1.82) is 0 Å². The van der Waals surface area contributed by atoms with Crippen LogP contribution in [0.1, 0.15) is 126 Å². The van der Waals surface area contributed by atoms with E-state index in [-0.39, 0.29) is 0 Å². The molecule has 1 aromatic carbocycles. The van der Waals surface area contributed by atoms with E-state index in [1.165, 1.54) is 50.5 Å². The zero-order chi connectivity index (χ0) is 32.2. The number of benzene rings is 1. The lowest BCUT2D eigenvalue weighted by Gasteiger charge is -2.39. The molecule has 0 radical (unpaired) electrons. The van der Waals surface area contributed by atoms with Gasteiger partial charge in [-0.15, -0.1) is 0 Å². The van der Waals surface area contributed by atoms with E-state index < -0.39 is 49.2 Å². The monoisotopic (exact) mass is 612 g/mol. The molecule has 9 nitrogen and oxygen atoms in total. The van der Waals surface area contributed by atoms with Gasteiger partial charge in [-0.25, -0.2) is 9.36 Å². The number of amides is 2. The maximum atomic E-state index is 13.6. The summed E-state index contributed by atoms with van der Waals surface area (Å²) in [5.41, 5.74) is -1.02. The minimum Gasteiger partial charge on any atom is -0.465 e. The molecule has 0 saturated heterocycles. The number of carbonyl (C=O) groups is 2. The Kier molecular flexibility index (Phi) is 15.2. The number of hydrogen-bond donors (Lipinski definition) is 2. The lowest BCUT2D eigenvalue weighted by Crippen LogP contribution is -2.57. The summed E-state index contributed by atoms with van der Waals surface area (Å²) < 4.78 is 30.7. The molecule has 1 atom stereocenters. The zero-order valence-corrected chi connectivity index (χ0v) is 28.6. The highest BCUT2D eigenvalue weighted by atomic mass is 31.2. The number of hydrogen-bond acceptors (Lipinski definition) is 6. The van der Waals surface area contributed by atoms with Gasteiger partial charge in [0.25, 0.3) is 0 Å². The number of nitrogens with one attached hydrogen (secondary N) is 1. The number of nitrogens with zero attached hydrogens (tertiary/aromatic N) is 1. The molecule has 0 bridgehead atoms. The highest BCUT2D eigenvalue weighted by Crippen LogP contribution is 2.55. The molecule has 2 amide bonds. The molecule has 1 rings (SSSR count). The molecule has 1 aromatic rings. The van der Waals surface area contributed by atoms with Crippen molar-refractivity contribution in [3.05, 3.63) is 29.8 Å². The number of anilines is 1. The third-order valence-corrected chi connectivity index (χ3v) is 8.25. The summed E-state index contributed by atoms with van der Waals surface area (Å²) in [5.74, 6) is -0.610. The van der Waals surface area contributed by atoms with Crippen LogP contribution in [0.25, 0.3) is 0 Å². The lowest BCUT2D eigenvalue weighted by molar-refractivity contribution is -0.124. The van der Waals surface area contributed by atoms with Crippen LogP contribution in [0.3, 0.4) is 0 Å². The van der Waals surface area contributed by atoms with Crippen LogP contribution in [0, 0.1) is 0 Å². The molecule has 242 valence electrons. The van der Waals surface area contributed by atoms with Crippen molar-refractivity contribution in [2.45, 2.75) is 150 Å². The van der Waals surface area contributed by atoms with E-state index in [0.717, 1.165) is 17.7 Å². The van der Waals surface area contributed by atoms with Gasteiger partial charge in [0.1, 0.15) is 6.04 Å². The predicted molar refractivity (Wildman–Crippen MR) is 170 cm³/mol. The smallest absolute Gasteiger partial charge is 0.465 e. The van der Waals surface area contributed by atoms with E-state index in [0.29, 0.717) is 5.69 Å². The summed E-state index contributed by atoms with van der Waals surface area (Å²) in [6.45, 7) is 17.0. The fourth-order valence-corrected chi connectivity index (χ4v) is 6.31. The van der Waals surface area contributed by atoms with Crippen molar-refractivity contribution in [2.24, 2.45) is 0 Å². The molecule has 0 unspecified atom stereocenters. The molecule has 0 aromatic heterocycles. The molecule has 0 spiro atoms. The maximum absolute atomic E-state index is 13.6. The number of phosphoric acid groups is 1. The number of carbonyl (C=O) groups excluding carboxylic acids is 1. The summed E-state index contributed by atoms with van der Waals surface area (Å²) in [5, 5.41) is 12.9. The standard InChI is InChI=1S/C32H57N2O7P/c1-11-12-13-14-15-16-17-18-19-25-20-22-26(23-21-25)33-28(35)27(34(29(36)37)30(2,3)4)24-39-42(38,40-31(5,6)7)41-32(8,9)10/h20-23,27H,11-19,24H2,1-10H3,(H,33,35)(H,36,37)/t27-/m1/s1. The third kappa shape index (κ3) is 15.5. The van der Waals surface area contributed by atoms with Crippen LogP contribution in [0.4, 0.5) is 10.5 Å². The highest BCUT2D eigenvalue weighted by Gasteiger charge is 2.42. The van der Waals surface area contributed by atoms with Crippen LogP contribution in [0.2, 0.25) is 0 Å². The summed E-state index contributed by atoms with van der Waals surface area (Å²) in [6, 6.07) is 6.25. The predicted octanol–water partition coefficient (Wildman–Crippen LogP) is 9.21. The van der Waals surface area contributed by atoms with Gasteiger partial charge in [-0.2, -0.15) is 0 Å². The van der Waals surface area contributed by atoms with Gasteiger partial charge >= 0.3 is 13.9 Å². The van der Waals surface area contributed by atoms with Crippen molar-refractivity contribution in [3.63, 3.8) is 0 Å². The first kappa shape index (κ1) is 38.1. The van der Waals surface area contributed by atoms with Crippen molar-refractivity contribution < 1.29 is 32.8 Å². The van der Waals surface area contributed by atoms with E-state index in [9.17, 15) is 19.3 Å². The normalized spacial score (nSPS) is 13.6. The summed E-state index contributed by atoms with van der Waals surface area (Å²) in [4.78, 5) is 26.9. The molecule has 0 aliphatic carbocycles. The number of aryl methyl sites for hydroxylation is 1. The van der Waals surface area contributed by atoms with Gasteiger partial charge in [-0.1, -0.05) is 64.0 Å². The van der Waals surface area contributed by atoms with Crippen LogP contribution in [0.15, 0.2) is 24.3 Å². The van der Waals surface area contributed by atoms with E-state index in [1.807, 2.05) is 24.3 Å². The number of unbranched alkanes of at least 4 members (excludes halogenated alkanes) is 7. The van der Waals surface area contributed by atoms with Crippen LogP contribution in [-0.4, -0.2) is 51.4 Å². The Morgan fingerprint density at radius 3 is 1.74 bits per heavy atom. The molecule has 0 aliphatic rings. The van der Waals surface area contributed by atoms with Gasteiger partial charge in [0.2, 0.25) is 5.91 Å². The van der Waals surface area contributed by atoms with E-state index in [1.54, 1.807) is 62.3 Å². The Morgan fingerprint density at radius 2 is 1.31 bits per heavy atom. The lowest BCUT2D eigenvalue weighted by atomic mass is 10.0. The number of rotatable bonds is 17. The summed E-state index contributed by atoms with van der Waals surface area (Å²) in [6.07, 6.45) is 9.74. The Hall–Kier alpha value is -1.93. The highest BCUT2D eigenvalue weighted by molar-refractivity contribution is 7.48. The van der Waals surface area contributed by atoms with Crippen LogP contribution in [-0.2, 0) is 29.4 Å². The van der Waals surface area contributed by atoms with Gasteiger partial charge in [0.05, 0.1) is 17.8 Å². The topological polar surface area (TPSA) is 114 Å². The SMILES string of the molecule is CCCCCCCCCCc1ccc(NC(=O)[C@@H](COP(=O)(OC(C)(C)C)OC(C)(C)C)N(C(=O)O)C(C)(C)C)cc1. The van der Waals surface area contributed by atoms with E-state index >= 15 is 0 Å². The fourth-order valence-electron chi connectivity index (χ4n) is 4.50. The minimum atomic E-state index is -4.19. The van der Waals surface area contributed by atoms with Gasteiger partial charge in [0.15, 0.2) is 0 Å². The third-order valence-electron chi connectivity index (χ3n) is 6.25. The Bertz CT molecular complexity index is 988. The molecule has 42 heavy (non-hydrogen) atoms. The maximum Gasteiger partial charge on any atom is 0.475 e. The zero-order valence-electron chi connectivity index (χ0n) is 27.7. The average Bonchev–Trinajstić information content (AvgIpc) is 2.80. The second-order valence-corrected chi connectivity index (χ2v) is 15.4. The molecular formula is C32H57N2O7P. The van der Waals surface area contributed by atoms with Crippen molar-refractivity contribution in [3.8, 4) is 0 Å². The summed E-state index contributed by atoms with van der Waals surface area (Å²) >= 11 is 0. The first-order valence-electron chi connectivity index (χ1n) is 15.3. The summed E-state index contributed by atoms with van der Waals surface area (Å²) in [7, 11) is -4.19. The molecule has 0 aliphatic heterocycles. The number of phosphoric ester groups is 1. The van der Waals surface area contributed by atoms with Crippen molar-refractivity contribution in [2.75, 3.05) is 11.9 Å². The molecule has 0 fully saturated rings. The van der Waals surface area contributed by atoms with Crippen molar-refractivity contribution >= 4 is 25.5 Å². The van der Waals surface area contributed by atoms with E-state index in [4.69, 9.17) is 13.6 Å². The Balaban J connectivity index is 3.00. The first-order chi connectivity index (χ1) is 19.3. The van der Waals surface area contributed by atoms with Gasteiger partial charge < -0.3 is 10.4 Å². The van der Waals surface area contributed by atoms with Crippen LogP contribution >= 0.6 is 7.82 Å². The van der Waals surface area contributed by atoms with Crippen LogP contribution < -0.4 is 5.32 Å². The Labute approximate surface area is 254 Å². The number of carboxylic acid groups (broad SMARTS) is 1. The van der Waals surface area contributed by atoms with Gasteiger partial charge in [-0.05, 0) is 92.9 Å². The second kappa shape index (κ2) is 16.8. The second-order valence-electron chi connectivity index (χ2n) is 13.9. The molecular weight excluding hydrogens is 555 g/mol. The molecule has 10 heteroatoms. The van der Waals surface area contributed by atoms with Gasteiger partial charge in [0, 0.05) is 11.2 Å². The Morgan fingerprint density at radius 1 is 0.833 bits per heavy atom. The fraction of sp³-hybridized carbons (Fsp3) is 0.750. The quantitative estimate of drug-likeness (QED) is 0.133. The van der Waals surface area contributed by atoms with Crippen molar-refractivity contribution in [1.82, 2.24) is 4.90 Å². The molecule has 0 heterocycles. The van der Waals surface area contributed by atoms with Gasteiger partial charge in [-0.3, -0.25) is 23.3 Å². The average molecular weight is 613 g/mol. The molecule has 0 saturated carbocycles.